The monoisotopic (exact) mass is 425 g/mol. The van der Waals surface area contributed by atoms with Gasteiger partial charge in [0.1, 0.15) is 5.82 Å². The second kappa shape index (κ2) is 11.1. The van der Waals surface area contributed by atoms with Gasteiger partial charge in [-0.2, -0.15) is 0 Å². The summed E-state index contributed by atoms with van der Waals surface area (Å²) in [5.41, 5.74) is 0.592. The number of amides is 2. The van der Waals surface area contributed by atoms with Gasteiger partial charge in [0.25, 0.3) is 0 Å². The Balaban J connectivity index is 1.29. The summed E-state index contributed by atoms with van der Waals surface area (Å²) in [4.78, 5) is 28.5. The van der Waals surface area contributed by atoms with E-state index >= 15 is 0 Å². The molecule has 0 bridgehead atoms. The van der Waals surface area contributed by atoms with Gasteiger partial charge < -0.3 is 10.2 Å². The number of rotatable bonds is 8. The molecule has 0 saturated carbocycles. The Morgan fingerprint density at radius 3 is 2.54 bits per heavy atom. The number of carbonyl (C=O) groups is 2. The van der Waals surface area contributed by atoms with E-state index in [2.05, 4.69) is 10.2 Å². The van der Waals surface area contributed by atoms with E-state index in [0.29, 0.717) is 38.3 Å². The molecule has 2 aliphatic heterocycles. The third-order valence-electron chi connectivity index (χ3n) is 5.11. The highest BCUT2D eigenvalue weighted by molar-refractivity contribution is 8.77. The number of piperazine rings is 1. The SMILES string of the molecule is O=C(CN1CCN(C(=O)CCCCC2CCSS2)CC1)Nc1ccc(F)cc1. The first-order valence-corrected chi connectivity index (χ1v) is 12.3. The van der Waals surface area contributed by atoms with Gasteiger partial charge >= 0.3 is 0 Å². The fourth-order valence-electron chi connectivity index (χ4n) is 3.46. The first-order chi connectivity index (χ1) is 13.6. The lowest BCUT2D eigenvalue weighted by atomic mass is 10.1. The molecule has 154 valence electrons. The lowest BCUT2D eigenvalue weighted by molar-refractivity contribution is -0.133. The number of anilines is 1. The van der Waals surface area contributed by atoms with Gasteiger partial charge in [-0.1, -0.05) is 28.0 Å². The molecule has 1 atom stereocenters. The number of hydrogen-bond acceptors (Lipinski definition) is 5. The number of nitrogens with zero attached hydrogens (tertiary/aromatic N) is 2. The summed E-state index contributed by atoms with van der Waals surface area (Å²) in [6.07, 6.45) is 5.27. The van der Waals surface area contributed by atoms with Gasteiger partial charge in [-0.15, -0.1) is 0 Å². The number of unbranched alkanes of at least 4 members (excludes halogenated alkanes) is 1. The summed E-state index contributed by atoms with van der Waals surface area (Å²) in [6, 6.07) is 5.75. The smallest absolute Gasteiger partial charge is 0.238 e. The van der Waals surface area contributed by atoms with Crippen LogP contribution in [0.4, 0.5) is 10.1 Å². The third kappa shape index (κ3) is 6.97. The quantitative estimate of drug-likeness (QED) is 0.509. The van der Waals surface area contributed by atoms with Gasteiger partial charge in [0.05, 0.1) is 6.54 Å². The standard InChI is InChI=1S/C20H28FN3O2S2/c21-16-5-7-17(8-6-16)22-19(25)15-23-10-12-24(13-11-23)20(26)4-2-1-3-18-9-14-27-28-18/h5-8,18H,1-4,9-15H2,(H,22,25). The first-order valence-electron chi connectivity index (χ1n) is 9.94. The van der Waals surface area contributed by atoms with Crippen LogP contribution in [0.2, 0.25) is 0 Å². The minimum Gasteiger partial charge on any atom is -0.340 e. The van der Waals surface area contributed by atoms with Crippen LogP contribution in [0.15, 0.2) is 24.3 Å². The highest BCUT2D eigenvalue weighted by Crippen LogP contribution is 2.39. The maximum absolute atomic E-state index is 12.9. The van der Waals surface area contributed by atoms with Crippen LogP contribution in [0.25, 0.3) is 0 Å². The number of halogens is 1. The lowest BCUT2D eigenvalue weighted by Gasteiger charge is -2.34. The minimum atomic E-state index is -0.324. The van der Waals surface area contributed by atoms with Crippen molar-refractivity contribution in [3.8, 4) is 0 Å². The molecule has 0 aliphatic carbocycles. The molecule has 2 fully saturated rings. The summed E-state index contributed by atoms with van der Waals surface area (Å²) in [7, 11) is 3.97. The normalized spacial score (nSPS) is 20.3. The van der Waals surface area contributed by atoms with Gasteiger partial charge in [0.15, 0.2) is 0 Å². The summed E-state index contributed by atoms with van der Waals surface area (Å²) in [5.74, 6) is 1.06. The van der Waals surface area contributed by atoms with E-state index in [1.807, 2.05) is 26.5 Å². The van der Waals surface area contributed by atoms with Crippen LogP contribution in [-0.4, -0.2) is 65.3 Å². The van der Waals surface area contributed by atoms with E-state index < -0.39 is 0 Å². The van der Waals surface area contributed by atoms with Crippen LogP contribution in [0.1, 0.15) is 32.1 Å². The van der Waals surface area contributed by atoms with Crippen LogP contribution in [0.5, 0.6) is 0 Å². The van der Waals surface area contributed by atoms with Gasteiger partial charge in [-0.05, 0) is 43.5 Å². The van der Waals surface area contributed by atoms with E-state index in [0.717, 1.165) is 18.1 Å². The Bertz CT molecular complexity index is 645. The van der Waals surface area contributed by atoms with Gasteiger partial charge in [0.2, 0.25) is 11.8 Å². The predicted octanol–water partition coefficient (Wildman–Crippen LogP) is 3.62. The summed E-state index contributed by atoms with van der Waals surface area (Å²) >= 11 is 0. The Morgan fingerprint density at radius 2 is 1.86 bits per heavy atom. The average Bonchev–Trinajstić information content (AvgIpc) is 3.21. The van der Waals surface area contributed by atoms with Crippen LogP contribution in [-0.2, 0) is 9.59 Å². The molecule has 1 unspecified atom stereocenters. The van der Waals surface area contributed by atoms with Gasteiger partial charge in [0, 0.05) is 49.3 Å². The molecule has 1 aromatic rings. The molecule has 1 N–H and O–H groups in total. The lowest BCUT2D eigenvalue weighted by Crippen LogP contribution is -2.50. The maximum Gasteiger partial charge on any atom is 0.238 e. The second-order valence-electron chi connectivity index (χ2n) is 7.29. The molecule has 0 radical (unpaired) electrons. The number of benzene rings is 1. The van der Waals surface area contributed by atoms with E-state index in [4.69, 9.17) is 0 Å². The van der Waals surface area contributed by atoms with Crippen molar-refractivity contribution < 1.29 is 14.0 Å². The zero-order valence-corrected chi connectivity index (χ0v) is 17.7. The van der Waals surface area contributed by atoms with E-state index in [1.54, 1.807) is 12.1 Å². The van der Waals surface area contributed by atoms with E-state index in [-0.39, 0.29) is 24.2 Å². The van der Waals surface area contributed by atoms with Crippen LogP contribution >= 0.6 is 21.6 Å². The number of carbonyl (C=O) groups excluding carboxylic acids is 2. The van der Waals surface area contributed by atoms with Crippen molar-refractivity contribution in [2.45, 2.75) is 37.4 Å². The maximum atomic E-state index is 12.9. The molecule has 2 amide bonds. The Hall–Kier alpha value is -1.25. The predicted molar refractivity (Wildman–Crippen MR) is 115 cm³/mol. The Kier molecular flexibility index (Phi) is 8.48. The van der Waals surface area contributed by atoms with Crippen molar-refractivity contribution >= 4 is 39.1 Å². The second-order valence-corrected chi connectivity index (χ2v) is 10.1. The molecular weight excluding hydrogens is 397 g/mol. The molecule has 2 aliphatic rings. The molecule has 3 rings (SSSR count). The molecule has 8 heteroatoms. The molecular formula is C20H28FN3O2S2. The molecule has 28 heavy (non-hydrogen) atoms. The van der Waals surface area contributed by atoms with Gasteiger partial charge in [-0.25, -0.2) is 4.39 Å². The van der Waals surface area contributed by atoms with Crippen molar-refractivity contribution in [2.75, 3.05) is 43.8 Å². The van der Waals surface area contributed by atoms with Crippen molar-refractivity contribution in [1.82, 2.24) is 9.80 Å². The molecule has 1 aromatic carbocycles. The largest absolute Gasteiger partial charge is 0.340 e. The zero-order valence-electron chi connectivity index (χ0n) is 16.1. The molecule has 5 nitrogen and oxygen atoms in total. The fourth-order valence-corrected chi connectivity index (χ4v) is 6.49. The number of nitrogens with one attached hydrogen (secondary N) is 1. The van der Waals surface area contributed by atoms with Gasteiger partial charge in [-0.3, -0.25) is 14.5 Å². The summed E-state index contributed by atoms with van der Waals surface area (Å²) in [6.45, 7) is 3.06. The number of hydrogen-bond donors (Lipinski definition) is 1. The fraction of sp³-hybridized carbons (Fsp3) is 0.600. The highest BCUT2D eigenvalue weighted by Gasteiger charge is 2.22. The first kappa shape index (κ1) is 21.5. The van der Waals surface area contributed by atoms with E-state index in [9.17, 15) is 14.0 Å². The van der Waals surface area contributed by atoms with E-state index in [1.165, 1.54) is 30.7 Å². The third-order valence-corrected chi connectivity index (χ3v) is 8.12. The van der Waals surface area contributed by atoms with Crippen LogP contribution in [0.3, 0.4) is 0 Å². The molecule has 0 spiro atoms. The minimum absolute atomic E-state index is 0.116. The Labute approximate surface area is 174 Å². The zero-order chi connectivity index (χ0) is 19.8. The van der Waals surface area contributed by atoms with Crippen molar-refractivity contribution in [3.63, 3.8) is 0 Å². The summed E-state index contributed by atoms with van der Waals surface area (Å²) < 4.78 is 12.9. The van der Waals surface area contributed by atoms with Crippen molar-refractivity contribution in [1.29, 1.82) is 0 Å². The van der Waals surface area contributed by atoms with Crippen LogP contribution < -0.4 is 5.32 Å². The molecule has 2 heterocycles. The van der Waals surface area contributed by atoms with Crippen molar-refractivity contribution in [2.24, 2.45) is 0 Å². The molecule has 0 aromatic heterocycles. The summed E-state index contributed by atoms with van der Waals surface area (Å²) in [5, 5.41) is 3.56. The topological polar surface area (TPSA) is 52.7 Å². The average molecular weight is 426 g/mol. The van der Waals surface area contributed by atoms with Crippen LogP contribution in [0, 0.1) is 5.82 Å². The Morgan fingerprint density at radius 1 is 1.11 bits per heavy atom. The molecule has 2 saturated heterocycles. The van der Waals surface area contributed by atoms with Crippen molar-refractivity contribution in [3.05, 3.63) is 30.1 Å². The highest BCUT2D eigenvalue weighted by atomic mass is 33.1.